The number of aromatic nitrogens is 3. The predicted molar refractivity (Wildman–Crippen MR) is 71.1 cm³/mol. The van der Waals surface area contributed by atoms with E-state index in [0.29, 0.717) is 6.54 Å². The topological polar surface area (TPSA) is 94.0 Å². The third-order valence-corrected chi connectivity index (χ3v) is 3.88. The molecule has 2 rings (SSSR count). The molecule has 2 aromatic rings. The molecule has 0 radical (unpaired) electrons. The number of hydrogen-bond acceptors (Lipinski definition) is 5. The third kappa shape index (κ3) is 3.64. The molecule has 0 unspecified atom stereocenters. The van der Waals surface area contributed by atoms with Gasteiger partial charge in [-0.25, -0.2) is 13.1 Å². The minimum Gasteiger partial charge on any atom is -0.274 e. The highest BCUT2D eigenvalue weighted by molar-refractivity contribution is 7.90. The van der Waals surface area contributed by atoms with Gasteiger partial charge in [-0.15, -0.1) is 0 Å². The molecule has 0 atom stereocenters. The number of amides is 1. The van der Waals surface area contributed by atoms with Crippen molar-refractivity contribution < 1.29 is 13.2 Å². The maximum absolute atomic E-state index is 11.9. The van der Waals surface area contributed by atoms with Crippen LogP contribution in [0.3, 0.4) is 0 Å². The summed E-state index contributed by atoms with van der Waals surface area (Å²) in [5, 5.41) is 4.02. The maximum Gasteiger partial charge on any atom is 0.265 e. The zero-order valence-corrected chi connectivity index (χ0v) is 11.7. The summed E-state index contributed by atoms with van der Waals surface area (Å²) in [5.41, 5.74) is 0.980. The fourth-order valence-corrected chi connectivity index (χ4v) is 2.55. The Morgan fingerprint density at radius 2 is 2.20 bits per heavy atom. The first-order valence-corrected chi connectivity index (χ1v) is 7.40. The van der Waals surface area contributed by atoms with Crippen LogP contribution in [0.15, 0.2) is 41.8 Å². The molecule has 0 fully saturated rings. The number of carbonyl (C=O) groups excluding carboxylic acids is 1. The van der Waals surface area contributed by atoms with Crippen molar-refractivity contribution in [2.75, 3.05) is 0 Å². The van der Waals surface area contributed by atoms with E-state index in [1.807, 2.05) is 11.6 Å². The quantitative estimate of drug-likeness (QED) is 0.865. The Hall–Kier alpha value is -2.22. The first kappa shape index (κ1) is 14.2. The van der Waals surface area contributed by atoms with Crippen molar-refractivity contribution in [2.24, 2.45) is 0 Å². The molecule has 106 valence electrons. The van der Waals surface area contributed by atoms with Gasteiger partial charge in [0.1, 0.15) is 4.90 Å². The molecule has 0 saturated heterocycles. The first-order valence-electron chi connectivity index (χ1n) is 5.92. The van der Waals surface area contributed by atoms with Crippen LogP contribution < -0.4 is 4.72 Å². The van der Waals surface area contributed by atoms with Crippen LogP contribution in [0, 0.1) is 6.92 Å². The zero-order valence-electron chi connectivity index (χ0n) is 10.9. The average molecular weight is 294 g/mol. The van der Waals surface area contributed by atoms with Gasteiger partial charge in [-0.1, -0.05) is 0 Å². The van der Waals surface area contributed by atoms with Crippen molar-refractivity contribution in [3.63, 3.8) is 0 Å². The minimum absolute atomic E-state index is 0.0284. The summed E-state index contributed by atoms with van der Waals surface area (Å²) in [7, 11) is -3.85. The van der Waals surface area contributed by atoms with Crippen molar-refractivity contribution in [3.8, 4) is 0 Å². The minimum atomic E-state index is -3.85. The predicted octanol–water partition coefficient (Wildman–Crippen LogP) is 0.482. The molecule has 8 heteroatoms. The Kier molecular flexibility index (Phi) is 4.14. The Labute approximate surface area is 116 Å². The molecule has 0 spiro atoms. The van der Waals surface area contributed by atoms with Crippen molar-refractivity contribution in [1.29, 1.82) is 0 Å². The average Bonchev–Trinajstić information content (AvgIpc) is 2.83. The van der Waals surface area contributed by atoms with Gasteiger partial charge in [0.15, 0.2) is 0 Å². The molecule has 0 aliphatic carbocycles. The fourth-order valence-electron chi connectivity index (χ4n) is 1.57. The molecule has 0 aromatic carbocycles. The van der Waals surface area contributed by atoms with E-state index >= 15 is 0 Å². The van der Waals surface area contributed by atoms with E-state index in [2.05, 4.69) is 10.1 Å². The number of rotatable bonds is 5. The van der Waals surface area contributed by atoms with Crippen LogP contribution in [-0.4, -0.2) is 29.1 Å². The van der Waals surface area contributed by atoms with E-state index in [9.17, 15) is 13.2 Å². The second-order valence-electron chi connectivity index (χ2n) is 4.25. The molecule has 20 heavy (non-hydrogen) atoms. The van der Waals surface area contributed by atoms with Gasteiger partial charge in [-0.2, -0.15) is 5.10 Å². The summed E-state index contributed by atoms with van der Waals surface area (Å²) in [6.07, 6.45) is 6.13. The van der Waals surface area contributed by atoms with E-state index in [1.165, 1.54) is 24.5 Å². The molecule has 2 heterocycles. The molecule has 1 N–H and O–H groups in total. The highest BCUT2D eigenvalue weighted by atomic mass is 32.2. The molecular formula is C12H14N4O3S. The van der Waals surface area contributed by atoms with E-state index in [-0.39, 0.29) is 11.3 Å². The Balaban J connectivity index is 1.94. The second-order valence-corrected chi connectivity index (χ2v) is 5.93. The molecule has 7 nitrogen and oxygen atoms in total. The van der Waals surface area contributed by atoms with Gasteiger partial charge in [0.05, 0.1) is 6.20 Å². The highest BCUT2D eigenvalue weighted by Crippen LogP contribution is 2.05. The molecule has 0 bridgehead atoms. The molecule has 0 saturated carbocycles. The first-order chi connectivity index (χ1) is 9.47. The normalized spacial score (nSPS) is 11.2. The van der Waals surface area contributed by atoms with Gasteiger partial charge >= 0.3 is 0 Å². The van der Waals surface area contributed by atoms with Gasteiger partial charge in [0, 0.05) is 31.6 Å². The van der Waals surface area contributed by atoms with Crippen LogP contribution in [0.4, 0.5) is 0 Å². The second kappa shape index (κ2) is 5.83. The van der Waals surface area contributed by atoms with Crippen LogP contribution >= 0.6 is 0 Å². The number of sulfonamides is 1. The van der Waals surface area contributed by atoms with E-state index in [0.717, 1.165) is 5.56 Å². The molecule has 0 aliphatic heterocycles. The van der Waals surface area contributed by atoms with Gasteiger partial charge in [0.2, 0.25) is 5.91 Å². The number of hydrogen-bond donors (Lipinski definition) is 1. The lowest BCUT2D eigenvalue weighted by Crippen LogP contribution is -2.31. The van der Waals surface area contributed by atoms with Gasteiger partial charge in [0.25, 0.3) is 10.0 Å². The number of pyridine rings is 1. The van der Waals surface area contributed by atoms with E-state index in [1.54, 1.807) is 17.1 Å². The van der Waals surface area contributed by atoms with Gasteiger partial charge < -0.3 is 0 Å². The summed E-state index contributed by atoms with van der Waals surface area (Å²) >= 11 is 0. The third-order valence-electron chi connectivity index (χ3n) is 2.52. The van der Waals surface area contributed by atoms with Gasteiger partial charge in [-0.3, -0.25) is 14.5 Å². The largest absolute Gasteiger partial charge is 0.274 e. The SMILES string of the molecule is Cc1cnn(CCC(=O)NS(=O)(=O)c2cccnc2)c1. The number of nitrogens with one attached hydrogen (secondary N) is 1. The van der Waals surface area contributed by atoms with Crippen LogP contribution in [-0.2, 0) is 21.4 Å². The summed E-state index contributed by atoms with van der Waals surface area (Å²) < 4.78 is 27.3. The lowest BCUT2D eigenvalue weighted by Gasteiger charge is -2.06. The summed E-state index contributed by atoms with van der Waals surface area (Å²) in [6.45, 7) is 2.21. The van der Waals surface area contributed by atoms with E-state index in [4.69, 9.17) is 0 Å². The van der Waals surface area contributed by atoms with Crippen molar-refractivity contribution in [3.05, 3.63) is 42.5 Å². The Morgan fingerprint density at radius 1 is 1.40 bits per heavy atom. The zero-order chi connectivity index (χ0) is 14.6. The van der Waals surface area contributed by atoms with E-state index < -0.39 is 15.9 Å². The lowest BCUT2D eigenvalue weighted by molar-refractivity contribution is -0.119. The smallest absolute Gasteiger partial charge is 0.265 e. The van der Waals surface area contributed by atoms with Crippen LogP contribution in [0.2, 0.25) is 0 Å². The monoisotopic (exact) mass is 294 g/mol. The molecule has 0 aliphatic rings. The Morgan fingerprint density at radius 3 is 2.80 bits per heavy atom. The lowest BCUT2D eigenvalue weighted by atomic mass is 10.4. The van der Waals surface area contributed by atoms with Crippen LogP contribution in [0.1, 0.15) is 12.0 Å². The highest BCUT2D eigenvalue weighted by Gasteiger charge is 2.17. The maximum atomic E-state index is 11.9. The molecule has 1 amide bonds. The standard InChI is InChI=1S/C12H14N4O3S/c1-10-7-14-16(9-10)6-4-12(17)15-20(18,19)11-3-2-5-13-8-11/h2-3,5,7-9H,4,6H2,1H3,(H,15,17). The van der Waals surface area contributed by atoms with Crippen molar-refractivity contribution in [1.82, 2.24) is 19.5 Å². The molecular weight excluding hydrogens is 280 g/mol. The number of carbonyl (C=O) groups is 1. The van der Waals surface area contributed by atoms with Crippen LogP contribution in [0.25, 0.3) is 0 Å². The summed E-state index contributed by atoms with van der Waals surface area (Å²) in [4.78, 5) is 15.3. The number of nitrogens with zero attached hydrogens (tertiary/aromatic N) is 3. The fraction of sp³-hybridized carbons (Fsp3) is 0.250. The summed E-state index contributed by atoms with van der Waals surface area (Å²) in [6, 6.07) is 2.87. The number of aryl methyl sites for hydroxylation is 2. The van der Waals surface area contributed by atoms with Crippen molar-refractivity contribution in [2.45, 2.75) is 24.8 Å². The van der Waals surface area contributed by atoms with Gasteiger partial charge in [-0.05, 0) is 24.6 Å². The van der Waals surface area contributed by atoms with Crippen LogP contribution in [0.5, 0.6) is 0 Å². The summed E-state index contributed by atoms with van der Waals surface area (Å²) in [5.74, 6) is -0.581. The van der Waals surface area contributed by atoms with Crippen molar-refractivity contribution >= 4 is 15.9 Å². The molecule has 2 aromatic heterocycles. The Bertz CT molecular complexity index is 695.